The largest absolute Gasteiger partial charge is 0.375 e. The van der Waals surface area contributed by atoms with Gasteiger partial charge in [0.15, 0.2) is 0 Å². The smallest absolute Gasteiger partial charge is 0.220 e. The van der Waals surface area contributed by atoms with Crippen LogP contribution in [0.1, 0.15) is 49.0 Å². The normalized spacial score (nSPS) is 25.0. The minimum absolute atomic E-state index is 0.0111. The Labute approximate surface area is 189 Å². The molecule has 1 saturated heterocycles. The predicted octanol–water partition coefficient (Wildman–Crippen LogP) is 5.73. The van der Waals surface area contributed by atoms with E-state index in [-0.39, 0.29) is 35.9 Å². The molecule has 0 aliphatic carbocycles. The van der Waals surface area contributed by atoms with Gasteiger partial charge in [-0.2, -0.15) is 0 Å². The number of hydrogen-bond acceptors (Lipinski definition) is 3. The van der Waals surface area contributed by atoms with Crippen molar-refractivity contribution < 1.29 is 13.9 Å². The number of carbonyl (C=O) groups is 1. The van der Waals surface area contributed by atoms with Crippen LogP contribution in [0.25, 0.3) is 0 Å². The quantitative estimate of drug-likeness (QED) is 0.504. The summed E-state index contributed by atoms with van der Waals surface area (Å²) < 4.78 is 22.0. The highest BCUT2D eigenvalue weighted by Gasteiger charge is 2.43. The zero-order chi connectivity index (χ0) is 21.1. The first-order valence-corrected chi connectivity index (χ1v) is 11.7. The summed E-state index contributed by atoms with van der Waals surface area (Å²) in [4.78, 5) is 12.0. The van der Waals surface area contributed by atoms with Crippen LogP contribution in [0.2, 0.25) is 0 Å². The van der Waals surface area contributed by atoms with E-state index in [9.17, 15) is 9.18 Å². The number of fused-ring (bicyclic) bond motifs is 3. The second-order valence-corrected chi connectivity index (χ2v) is 9.19. The molecule has 1 amide bonds. The zero-order valence-corrected chi connectivity index (χ0v) is 18.9. The molecule has 0 aromatic heterocycles. The Morgan fingerprint density at radius 2 is 2.07 bits per heavy atom. The van der Waals surface area contributed by atoms with Gasteiger partial charge in [0, 0.05) is 34.8 Å². The molecule has 0 saturated carbocycles. The summed E-state index contributed by atoms with van der Waals surface area (Å²) >= 11 is 9.08. The Morgan fingerprint density at radius 1 is 1.27 bits per heavy atom. The molecular weight excluding hydrogens is 471 g/mol. The van der Waals surface area contributed by atoms with E-state index >= 15 is 0 Å². The Balaban J connectivity index is 1.57. The van der Waals surface area contributed by atoms with Crippen molar-refractivity contribution in [2.45, 2.75) is 43.9 Å². The summed E-state index contributed by atoms with van der Waals surface area (Å²) in [6.45, 7) is 0.458. The third kappa shape index (κ3) is 4.66. The molecule has 0 radical (unpaired) electrons. The van der Waals surface area contributed by atoms with Gasteiger partial charge in [-0.25, -0.2) is 4.39 Å². The fourth-order valence-corrected chi connectivity index (χ4v) is 5.05. The molecule has 30 heavy (non-hydrogen) atoms. The lowest BCUT2D eigenvalue weighted by molar-refractivity contribution is -0.124. The second-order valence-electron chi connectivity index (χ2n) is 7.90. The Hall–Kier alpha value is -1.63. The van der Waals surface area contributed by atoms with Crippen LogP contribution in [0.3, 0.4) is 0 Å². The number of carbonyl (C=O) groups excluding carboxylic acids is 1. The molecule has 4 atom stereocenters. The number of nitrogens with one attached hydrogen (secondary N) is 2. The van der Waals surface area contributed by atoms with Gasteiger partial charge in [0.2, 0.25) is 5.91 Å². The van der Waals surface area contributed by atoms with E-state index in [1.165, 1.54) is 6.07 Å². The molecule has 4 nitrogen and oxygen atoms in total. The second kappa shape index (κ2) is 9.67. The van der Waals surface area contributed by atoms with Gasteiger partial charge in [0.05, 0.1) is 23.9 Å². The summed E-state index contributed by atoms with van der Waals surface area (Å²) in [5.74, 6) is 0.348. The maximum atomic E-state index is 14.8. The van der Waals surface area contributed by atoms with Gasteiger partial charge in [-0.1, -0.05) is 46.3 Å². The molecule has 2 N–H and O–H groups in total. The third-order valence-corrected chi connectivity index (χ3v) is 6.62. The molecule has 2 aliphatic heterocycles. The summed E-state index contributed by atoms with van der Waals surface area (Å²) in [6.07, 6.45) is 2.51. The van der Waals surface area contributed by atoms with Crippen molar-refractivity contribution >= 4 is 39.1 Å². The molecule has 0 spiro atoms. The summed E-state index contributed by atoms with van der Waals surface area (Å²) in [6, 6.07) is 13.5. The molecule has 7 heteroatoms. The SMILES string of the molecule is O=C(CCCCl)NC[C@H]1CC[C@@H]2[C@H](O1)c1cc(Br)cc(F)c1N[C@H]2c1ccccc1. The van der Waals surface area contributed by atoms with Crippen LogP contribution < -0.4 is 10.6 Å². The number of amides is 1. The van der Waals surface area contributed by atoms with Crippen molar-refractivity contribution in [2.24, 2.45) is 5.92 Å². The van der Waals surface area contributed by atoms with Crippen LogP contribution >= 0.6 is 27.5 Å². The molecule has 0 unspecified atom stereocenters. The minimum atomic E-state index is -0.293. The van der Waals surface area contributed by atoms with Crippen molar-refractivity contribution in [1.82, 2.24) is 5.32 Å². The van der Waals surface area contributed by atoms with E-state index in [1.807, 2.05) is 24.3 Å². The highest BCUT2D eigenvalue weighted by atomic mass is 79.9. The van der Waals surface area contributed by atoms with Crippen LogP contribution in [0.4, 0.5) is 10.1 Å². The third-order valence-electron chi connectivity index (χ3n) is 5.89. The monoisotopic (exact) mass is 494 g/mol. The molecular formula is C23H25BrClFN2O2. The van der Waals surface area contributed by atoms with E-state index < -0.39 is 0 Å². The maximum absolute atomic E-state index is 14.8. The van der Waals surface area contributed by atoms with E-state index in [0.29, 0.717) is 35.4 Å². The van der Waals surface area contributed by atoms with Crippen molar-refractivity contribution in [1.29, 1.82) is 0 Å². The average molecular weight is 496 g/mol. The van der Waals surface area contributed by atoms with Crippen LogP contribution in [0, 0.1) is 11.7 Å². The van der Waals surface area contributed by atoms with Gasteiger partial charge in [-0.15, -0.1) is 11.6 Å². The number of hydrogen-bond donors (Lipinski definition) is 2. The van der Waals surface area contributed by atoms with Crippen LogP contribution in [-0.2, 0) is 9.53 Å². The van der Waals surface area contributed by atoms with Gasteiger partial charge in [0.25, 0.3) is 0 Å². The molecule has 4 rings (SSSR count). The Kier molecular flexibility index (Phi) is 6.96. The van der Waals surface area contributed by atoms with E-state index in [0.717, 1.165) is 24.0 Å². The maximum Gasteiger partial charge on any atom is 0.220 e. The van der Waals surface area contributed by atoms with E-state index in [1.54, 1.807) is 0 Å². The van der Waals surface area contributed by atoms with Gasteiger partial charge < -0.3 is 15.4 Å². The minimum Gasteiger partial charge on any atom is -0.375 e. The molecule has 0 bridgehead atoms. The van der Waals surface area contributed by atoms with Gasteiger partial charge in [0.1, 0.15) is 5.82 Å². The first-order chi connectivity index (χ1) is 14.6. The predicted molar refractivity (Wildman–Crippen MR) is 120 cm³/mol. The van der Waals surface area contributed by atoms with Crippen molar-refractivity contribution in [3.8, 4) is 0 Å². The zero-order valence-electron chi connectivity index (χ0n) is 16.5. The van der Waals surface area contributed by atoms with Crippen molar-refractivity contribution in [3.63, 3.8) is 0 Å². The molecule has 1 fully saturated rings. The van der Waals surface area contributed by atoms with Crippen LogP contribution in [-0.4, -0.2) is 24.4 Å². The van der Waals surface area contributed by atoms with E-state index in [2.05, 4.69) is 38.7 Å². The van der Waals surface area contributed by atoms with Gasteiger partial charge >= 0.3 is 0 Å². The topological polar surface area (TPSA) is 50.4 Å². The van der Waals surface area contributed by atoms with Crippen molar-refractivity contribution in [2.75, 3.05) is 17.7 Å². The van der Waals surface area contributed by atoms with Gasteiger partial charge in [-0.3, -0.25) is 4.79 Å². The summed E-state index contributed by atoms with van der Waals surface area (Å²) in [5.41, 5.74) is 2.45. The Morgan fingerprint density at radius 3 is 2.83 bits per heavy atom. The number of rotatable bonds is 6. The van der Waals surface area contributed by atoms with E-state index in [4.69, 9.17) is 16.3 Å². The Bertz CT molecular complexity index is 898. The number of benzene rings is 2. The fraction of sp³-hybridized carbons (Fsp3) is 0.435. The van der Waals surface area contributed by atoms with Gasteiger partial charge in [-0.05, 0) is 37.0 Å². The highest BCUT2D eigenvalue weighted by Crippen LogP contribution is 2.51. The van der Waals surface area contributed by atoms with Crippen LogP contribution in [0.15, 0.2) is 46.9 Å². The molecule has 2 heterocycles. The van der Waals surface area contributed by atoms with Crippen LogP contribution in [0.5, 0.6) is 0 Å². The average Bonchev–Trinajstić information content (AvgIpc) is 2.76. The van der Waals surface area contributed by atoms with Crippen molar-refractivity contribution in [3.05, 3.63) is 63.9 Å². The first-order valence-electron chi connectivity index (χ1n) is 10.4. The number of alkyl halides is 1. The number of ether oxygens (including phenoxy) is 1. The molecule has 2 aromatic rings. The lowest BCUT2D eigenvalue weighted by atomic mass is 9.76. The number of anilines is 1. The summed E-state index contributed by atoms with van der Waals surface area (Å²) in [7, 11) is 0. The molecule has 2 aromatic carbocycles. The summed E-state index contributed by atoms with van der Waals surface area (Å²) in [5, 5.41) is 6.39. The lowest BCUT2D eigenvalue weighted by Crippen LogP contribution is -2.43. The number of halogens is 3. The standard InChI is InChI=1S/C23H25BrClFN2O2/c24-15-11-18-22(19(26)12-15)28-21(14-5-2-1-3-6-14)17-9-8-16(30-23(17)18)13-27-20(29)7-4-10-25/h1-3,5-6,11-12,16-17,21,23,28H,4,7-10,13H2,(H,27,29)/t16-,17+,21+,23+/m1/s1. The molecule has 160 valence electrons. The molecule has 2 aliphatic rings. The lowest BCUT2D eigenvalue weighted by Gasteiger charge is -2.45. The highest BCUT2D eigenvalue weighted by molar-refractivity contribution is 9.10. The first kappa shape index (κ1) is 21.6. The fourth-order valence-electron chi connectivity index (χ4n) is 4.47.